The lowest BCUT2D eigenvalue weighted by Crippen LogP contribution is -2.48. The van der Waals surface area contributed by atoms with Gasteiger partial charge in [-0.1, -0.05) is 107 Å². The van der Waals surface area contributed by atoms with Crippen LogP contribution < -0.4 is 36.1 Å². The maximum absolute atomic E-state index is 13.3. The first-order chi connectivity index (χ1) is 30.9. The van der Waals surface area contributed by atoms with E-state index >= 15 is 0 Å². The highest BCUT2D eigenvalue weighted by Gasteiger charge is 2.21. The summed E-state index contributed by atoms with van der Waals surface area (Å²) >= 11 is 0. The van der Waals surface area contributed by atoms with Crippen molar-refractivity contribution in [3.8, 4) is 17.2 Å². The van der Waals surface area contributed by atoms with Gasteiger partial charge in [-0.2, -0.15) is 0 Å². The van der Waals surface area contributed by atoms with Crippen molar-refractivity contribution < 1.29 is 24.2 Å². The molecule has 0 fully saturated rings. The second kappa shape index (κ2) is 37.4. The van der Waals surface area contributed by atoms with E-state index in [0.717, 1.165) is 95.2 Å². The fourth-order valence-electron chi connectivity index (χ4n) is 7.90. The molecule has 0 unspecified atom stereocenters. The van der Waals surface area contributed by atoms with Crippen molar-refractivity contribution in [2.75, 3.05) is 66.6 Å². The predicted octanol–water partition coefficient (Wildman–Crippen LogP) is 9.10. The molecule has 0 radical (unpaired) electrons. The van der Waals surface area contributed by atoms with Gasteiger partial charge in [-0.15, -0.1) is 12.4 Å². The number of nitrogens with one attached hydrogen (secondary N) is 5. The minimum atomic E-state index is -0.648. The van der Waals surface area contributed by atoms with E-state index in [2.05, 4.69) is 55.7 Å². The van der Waals surface area contributed by atoms with E-state index < -0.39 is 6.04 Å². The van der Waals surface area contributed by atoms with Crippen LogP contribution in [0.25, 0.3) is 0 Å². The fourth-order valence-corrected chi connectivity index (χ4v) is 7.90. The smallest absolute Gasteiger partial charge is 0.242 e. The van der Waals surface area contributed by atoms with E-state index in [9.17, 15) is 14.7 Å². The monoisotopic (exact) mass is 909 g/mol. The van der Waals surface area contributed by atoms with Gasteiger partial charge in [0.15, 0.2) is 0 Å². The Hall–Kier alpha value is -3.87. The molecule has 0 aliphatic heterocycles. The molecular formula is C52H85ClN6O5. The third-order valence-corrected chi connectivity index (χ3v) is 11.6. The zero-order valence-corrected chi connectivity index (χ0v) is 40.6. The summed E-state index contributed by atoms with van der Waals surface area (Å²) in [7, 11) is 3.45. The molecule has 11 nitrogen and oxygen atoms in total. The van der Waals surface area contributed by atoms with Crippen LogP contribution in [0, 0.1) is 0 Å². The van der Waals surface area contributed by atoms with E-state index in [1.54, 1.807) is 38.5 Å². The highest BCUT2D eigenvalue weighted by Crippen LogP contribution is 2.18. The molecule has 0 aromatic heterocycles. The molecule has 0 heterocycles. The standard InChI is InChI=1S/C52H84N6O5.ClH/c1-4-24-51(60)57-48(41-44-29-31-47(59)32-30-44)52(61)56-37-23-40-58(39-22-12-10-20-36-55-43-46-26-14-16-28-50(46)63-3)38-21-11-6-5-7-17-33-53-34-18-8-9-19-35-54-42-45-25-13-15-27-49(45)62-2;/h13-16,25-32,48,53-55,59H,4-12,17-24,33-43H2,1-3H3,(H,56,61)(H,57,60);1H/t48-;/m0./s1. The molecule has 0 bridgehead atoms. The van der Waals surface area contributed by atoms with Gasteiger partial charge in [0.25, 0.3) is 0 Å². The maximum atomic E-state index is 13.3. The van der Waals surface area contributed by atoms with Gasteiger partial charge >= 0.3 is 0 Å². The number of benzene rings is 3. The zero-order chi connectivity index (χ0) is 45.0. The summed E-state index contributed by atoms with van der Waals surface area (Å²) in [5.41, 5.74) is 3.30. The number of phenols is 1. The number of aromatic hydroxyl groups is 1. The van der Waals surface area contributed by atoms with E-state index in [4.69, 9.17) is 9.47 Å². The summed E-state index contributed by atoms with van der Waals surface area (Å²) < 4.78 is 10.9. The second-order valence-corrected chi connectivity index (χ2v) is 16.9. The van der Waals surface area contributed by atoms with Crippen LogP contribution in [0.2, 0.25) is 0 Å². The molecule has 3 aromatic rings. The number of nitrogens with zero attached hydrogens (tertiary/aromatic N) is 1. The number of para-hydroxylation sites is 2. The highest BCUT2D eigenvalue weighted by molar-refractivity contribution is 5.87. The normalized spacial score (nSPS) is 11.6. The van der Waals surface area contributed by atoms with Crippen molar-refractivity contribution in [2.45, 2.75) is 142 Å². The number of ether oxygens (including phenoxy) is 2. The highest BCUT2D eigenvalue weighted by atomic mass is 35.5. The Kier molecular flexibility index (Phi) is 32.8. The van der Waals surface area contributed by atoms with Gasteiger partial charge in [-0.3, -0.25) is 9.59 Å². The SMILES string of the molecule is CCCC(=O)N[C@@H](Cc1ccc(O)cc1)C(=O)NCCCN(CCCCCCCCNCCCCCCNCc1ccccc1OC)CCCCCCNCc1ccccc1OC.Cl. The summed E-state index contributed by atoms with van der Waals surface area (Å²) in [5.74, 6) is 1.79. The lowest BCUT2D eigenvalue weighted by Gasteiger charge is -2.23. The van der Waals surface area contributed by atoms with Gasteiger partial charge in [0, 0.05) is 43.6 Å². The average Bonchev–Trinajstić information content (AvgIpc) is 3.30. The molecule has 64 heavy (non-hydrogen) atoms. The average molecular weight is 910 g/mol. The first kappa shape index (κ1) is 56.3. The summed E-state index contributed by atoms with van der Waals surface area (Å²) in [6.07, 6.45) is 19.6. The van der Waals surface area contributed by atoms with Crippen molar-refractivity contribution in [3.63, 3.8) is 0 Å². The number of hydrogen-bond acceptors (Lipinski definition) is 9. The van der Waals surface area contributed by atoms with E-state index in [1.807, 2.05) is 31.2 Å². The first-order valence-corrected chi connectivity index (χ1v) is 24.4. The summed E-state index contributed by atoms with van der Waals surface area (Å²) in [4.78, 5) is 28.4. The number of unbranched alkanes of at least 4 members (excludes halogenated alkanes) is 11. The number of methoxy groups -OCH3 is 2. The van der Waals surface area contributed by atoms with Crippen molar-refractivity contribution in [3.05, 3.63) is 89.5 Å². The van der Waals surface area contributed by atoms with Gasteiger partial charge in [0.05, 0.1) is 14.2 Å². The van der Waals surface area contributed by atoms with Crippen molar-refractivity contribution >= 4 is 24.2 Å². The Balaban J connectivity index is 0.0000141. The summed E-state index contributed by atoms with van der Waals surface area (Å²) in [6, 6.07) is 22.6. The van der Waals surface area contributed by atoms with Crippen molar-refractivity contribution in [1.29, 1.82) is 0 Å². The molecule has 0 saturated heterocycles. The van der Waals surface area contributed by atoms with Crippen LogP contribution in [0.5, 0.6) is 17.2 Å². The van der Waals surface area contributed by atoms with Gasteiger partial charge in [-0.25, -0.2) is 0 Å². The molecule has 1 atom stereocenters. The third-order valence-electron chi connectivity index (χ3n) is 11.6. The molecule has 0 aliphatic rings. The van der Waals surface area contributed by atoms with Crippen LogP contribution in [0.1, 0.15) is 133 Å². The Morgan fingerprint density at radius 2 is 1.03 bits per heavy atom. The van der Waals surface area contributed by atoms with Crippen molar-refractivity contribution in [1.82, 2.24) is 31.5 Å². The fraction of sp³-hybridized carbons (Fsp3) is 0.615. The van der Waals surface area contributed by atoms with Crippen LogP contribution in [-0.4, -0.2) is 94.4 Å². The lowest BCUT2D eigenvalue weighted by atomic mass is 10.0. The van der Waals surface area contributed by atoms with Crippen LogP contribution >= 0.6 is 12.4 Å². The predicted molar refractivity (Wildman–Crippen MR) is 267 cm³/mol. The first-order valence-electron chi connectivity index (χ1n) is 24.4. The molecule has 12 heteroatoms. The van der Waals surface area contributed by atoms with E-state index in [0.29, 0.717) is 19.4 Å². The molecule has 6 N–H and O–H groups in total. The molecule has 3 aromatic carbocycles. The van der Waals surface area contributed by atoms with Gasteiger partial charge in [-0.05, 0) is 127 Å². The van der Waals surface area contributed by atoms with Crippen LogP contribution in [0.4, 0.5) is 0 Å². The Morgan fingerprint density at radius 1 is 0.578 bits per heavy atom. The topological polar surface area (TPSA) is 136 Å². The van der Waals surface area contributed by atoms with Gasteiger partial charge in [0.1, 0.15) is 23.3 Å². The largest absolute Gasteiger partial charge is 0.508 e. The van der Waals surface area contributed by atoms with Gasteiger partial charge < -0.3 is 46.1 Å². The minimum absolute atomic E-state index is 0. The zero-order valence-electron chi connectivity index (χ0n) is 39.7. The van der Waals surface area contributed by atoms with Crippen LogP contribution in [-0.2, 0) is 29.1 Å². The number of amides is 2. The molecule has 0 aliphatic carbocycles. The molecular weight excluding hydrogens is 824 g/mol. The van der Waals surface area contributed by atoms with E-state index in [-0.39, 0.29) is 30.0 Å². The number of phenolic OH excluding ortho intramolecular Hbond substituents is 1. The Labute approximate surface area is 393 Å². The lowest BCUT2D eigenvalue weighted by molar-refractivity contribution is -0.129. The second-order valence-electron chi connectivity index (χ2n) is 16.9. The number of hydrogen-bond donors (Lipinski definition) is 6. The molecule has 3 rings (SSSR count). The maximum Gasteiger partial charge on any atom is 0.242 e. The van der Waals surface area contributed by atoms with Crippen LogP contribution in [0.3, 0.4) is 0 Å². The number of carbonyl (C=O) groups excluding carboxylic acids is 2. The summed E-state index contributed by atoms with van der Waals surface area (Å²) in [6.45, 7) is 11.6. The minimum Gasteiger partial charge on any atom is -0.508 e. The van der Waals surface area contributed by atoms with Crippen LogP contribution in [0.15, 0.2) is 72.8 Å². The Bertz CT molecular complexity index is 1620. The van der Waals surface area contributed by atoms with Crippen molar-refractivity contribution in [2.24, 2.45) is 0 Å². The number of carbonyl (C=O) groups is 2. The number of halogens is 1. The molecule has 0 saturated carbocycles. The quantitative estimate of drug-likeness (QED) is 0.0310. The number of rotatable bonds is 39. The molecule has 360 valence electrons. The van der Waals surface area contributed by atoms with E-state index in [1.165, 1.54) is 94.6 Å². The summed E-state index contributed by atoms with van der Waals surface area (Å²) in [5, 5.41) is 26.5. The van der Waals surface area contributed by atoms with Gasteiger partial charge in [0.2, 0.25) is 11.8 Å². The molecule has 2 amide bonds. The Morgan fingerprint density at radius 3 is 1.53 bits per heavy atom. The third kappa shape index (κ3) is 26.2. The molecule has 0 spiro atoms.